The SMILES string of the molecule is N#CC(c1ccccc1)C1CCCN1c1ncnc2c1oc1ccccc12. The van der Waals surface area contributed by atoms with Crippen molar-refractivity contribution in [3.8, 4) is 6.07 Å². The Morgan fingerprint density at radius 3 is 2.74 bits per heavy atom. The van der Waals surface area contributed by atoms with Gasteiger partial charge in [0.25, 0.3) is 0 Å². The Morgan fingerprint density at radius 2 is 1.89 bits per heavy atom. The van der Waals surface area contributed by atoms with Gasteiger partial charge in [0.05, 0.1) is 18.0 Å². The van der Waals surface area contributed by atoms with E-state index in [1.54, 1.807) is 6.33 Å². The summed E-state index contributed by atoms with van der Waals surface area (Å²) in [7, 11) is 0. The van der Waals surface area contributed by atoms with Crippen molar-refractivity contribution in [2.24, 2.45) is 0 Å². The Bertz CT molecular complexity index is 1150. The van der Waals surface area contributed by atoms with E-state index in [0.717, 1.165) is 47.3 Å². The van der Waals surface area contributed by atoms with Crippen molar-refractivity contribution in [3.63, 3.8) is 0 Å². The highest BCUT2D eigenvalue weighted by Crippen LogP contribution is 2.38. The van der Waals surface area contributed by atoms with Crippen molar-refractivity contribution in [2.45, 2.75) is 24.8 Å². The first kappa shape index (κ1) is 15.8. The zero-order valence-corrected chi connectivity index (χ0v) is 14.7. The molecule has 132 valence electrons. The van der Waals surface area contributed by atoms with Crippen molar-refractivity contribution in [3.05, 3.63) is 66.5 Å². The van der Waals surface area contributed by atoms with Gasteiger partial charge in [-0.1, -0.05) is 42.5 Å². The van der Waals surface area contributed by atoms with Crippen LogP contribution in [-0.2, 0) is 0 Å². The molecule has 0 amide bonds. The van der Waals surface area contributed by atoms with E-state index in [1.807, 2.05) is 54.6 Å². The molecule has 1 saturated heterocycles. The Labute approximate surface area is 156 Å². The van der Waals surface area contributed by atoms with Crippen LogP contribution in [0.2, 0.25) is 0 Å². The molecule has 4 aromatic rings. The number of rotatable bonds is 3. The van der Waals surface area contributed by atoms with E-state index in [-0.39, 0.29) is 12.0 Å². The van der Waals surface area contributed by atoms with E-state index in [2.05, 4.69) is 20.9 Å². The second-order valence-corrected chi connectivity index (χ2v) is 6.89. The summed E-state index contributed by atoms with van der Waals surface area (Å²) in [4.78, 5) is 11.2. The van der Waals surface area contributed by atoms with Crippen LogP contribution in [0.5, 0.6) is 0 Å². The Balaban J connectivity index is 1.62. The van der Waals surface area contributed by atoms with Crippen LogP contribution in [0.4, 0.5) is 5.82 Å². The van der Waals surface area contributed by atoms with Gasteiger partial charge in [0.1, 0.15) is 17.4 Å². The Morgan fingerprint density at radius 1 is 1.07 bits per heavy atom. The Kier molecular flexibility index (Phi) is 3.75. The van der Waals surface area contributed by atoms with Crippen molar-refractivity contribution < 1.29 is 4.42 Å². The quantitative estimate of drug-likeness (QED) is 0.536. The highest BCUT2D eigenvalue weighted by molar-refractivity contribution is 6.05. The first-order chi connectivity index (χ1) is 13.4. The van der Waals surface area contributed by atoms with Crippen LogP contribution in [-0.4, -0.2) is 22.6 Å². The lowest BCUT2D eigenvalue weighted by molar-refractivity contribution is 0.600. The predicted molar refractivity (Wildman–Crippen MR) is 104 cm³/mol. The van der Waals surface area contributed by atoms with Gasteiger partial charge in [-0.25, -0.2) is 9.97 Å². The molecule has 0 aliphatic carbocycles. The summed E-state index contributed by atoms with van der Waals surface area (Å²) < 4.78 is 6.11. The fourth-order valence-corrected chi connectivity index (χ4v) is 4.16. The average Bonchev–Trinajstić information content (AvgIpc) is 3.34. The zero-order chi connectivity index (χ0) is 18.2. The molecule has 5 heteroatoms. The van der Waals surface area contributed by atoms with Gasteiger partial charge >= 0.3 is 0 Å². The molecular formula is C22H18N4O. The molecule has 2 aromatic carbocycles. The molecule has 0 spiro atoms. The molecule has 2 atom stereocenters. The number of anilines is 1. The number of hydrogen-bond acceptors (Lipinski definition) is 5. The van der Waals surface area contributed by atoms with Gasteiger partial charge in [0, 0.05) is 11.9 Å². The van der Waals surface area contributed by atoms with Crippen LogP contribution in [0.15, 0.2) is 65.3 Å². The molecule has 1 aliphatic heterocycles. The van der Waals surface area contributed by atoms with Crippen LogP contribution < -0.4 is 4.90 Å². The minimum Gasteiger partial charge on any atom is -0.450 e. The van der Waals surface area contributed by atoms with Crippen molar-refractivity contribution in [1.29, 1.82) is 5.26 Å². The third kappa shape index (κ3) is 2.53. The number of hydrogen-bond donors (Lipinski definition) is 0. The van der Waals surface area contributed by atoms with Crippen LogP contribution in [0, 0.1) is 11.3 Å². The number of aromatic nitrogens is 2. The first-order valence-corrected chi connectivity index (χ1v) is 9.20. The maximum Gasteiger partial charge on any atom is 0.196 e. The molecule has 0 saturated carbocycles. The molecule has 0 radical (unpaired) electrons. The van der Waals surface area contributed by atoms with Gasteiger partial charge in [0.2, 0.25) is 0 Å². The second-order valence-electron chi connectivity index (χ2n) is 6.89. The van der Waals surface area contributed by atoms with E-state index in [9.17, 15) is 5.26 Å². The van der Waals surface area contributed by atoms with Gasteiger partial charge in [-0.05, 0) is 30.5 Å². The molecule has 2 aromatic heterocycles. The largest absolute Gasteiger partial charge is 0.450 e. The molecular weight excluding hydrogens is 336 g/mol. The monoisotopic (exact) mass is 354 g/mol. The van der Waals surface area contributed by atoms with Crippen molar-refractivity contribution >= 4 is 27.9 Å². The van der Waals surface area contributed by atoms with Crippen LogP contribution >= 0.6 is 0 Å². The smallest absolute Gasteiger partial charge is 0.196 e. The van der Waals surface area contributed by atoms with E-state index >= 15 is 0 Å². The van der Waals surface area contributed by atoms with E-state index < -0.39 is 0 Å². The molecule has 3 heterocycles. The third-order valence-corrected chi connectivity index (χ3v) is 5.39. The van der Waals surface area contributed by atoms with Gasteiger partial charge in [-0.2, -0.15) is 5.26 Å². The van der Waals surface area contributed by atoms with Gasteiger partial charge in [0.15, 0.2) is 11.4 Å². The number of benzene rings is 2. The number of para-hydroxylation sites is 1. The normalized spacial score (nSPS) is 18.0. The lowest BCUT2D eigenvalue weighted by atomic mass is 9.91. The van der Waals surface area contributed by atoms with Crippen molar-refractivity contribution in [1.82, 2.24) is 9.97 Å². The average molecular weight is 354 g/mol. The molecule has 0 bridgehead atoms. The topological polar surface area (TPSA) is 66.0 Å². The van der Waals surface area contributed by atoms with Crippen LogP contribution in [0.25, 0.3) is 22.1 Å². The third-order valence-electron chi connectivity index (χ3n) is 5.39. The minimum absolute atomic E-state index is 0.0729. The van der Waals surface area contributed by atoms with Crippen LogP contribution in [0.3, 0.4) is 0 Å². The highest BCUT2D eigenvalue weighted by atomic mass is 16.3. The van der Waals surface area contributed by atoms with Gasteiger partial charge < -0.3 is 9.32 Å². The van der Waals surface area contributed by atoms with Crippen molar-refractivity contribution in [2.75, 3.05) is 11.4 Å². The standard InChI is InChI=1S/C22H18N4O/c23-13-17(15-7-2-1-3-8-15)18-10-6-12-26(18)22-21-20(24-14-25-22)16-9-4-5-11-19(16)27-21/h1-5,7-9,11,14,17-18H,6,10,12H2. The van der Waals surface area contributed by atoms with Gasteiger partial charge in [-0.3, -0.25) is 0 Å². The summed E-state index contributed by atoms with van der Waals surface area (Å²) in [5, 5.41) is 10.9. The van der Waals surface area contributed by atoms with E-state index in [0.29, 0.717) is 5.58 Å². The fraction of sp³-hybridized carbons (Fsp3) is 0.227. The summed E-state index contributed by atoms with van der Waals surface area (Å²) in [6.07, 6.45) is 3.58. The fourth-order valence-electron chi connectivity index (χ4n) is 4.16. The van der Waals surface area contributed by atoms with E-state index in [4.69, 9.17) is 4.42 Å². The maximum absolute atomic E-state index is 9.90. The van der Waals surface area contributed by atoms with Gasteiger partial charge in [-0.15, -0.1) is 0 Å². The lowest BCUT2D eigenvalue weighted by Gasteiger charge is -2.29. The molecule has 1 aliphatic rings. The van der Waals surface area contributed by atoms with E-state index in [1.165, 1.54) is 0 Å². The minimum atomic E-state index is -0.205. The molecule has 27 heavy (non-hydrogen) atoms. The van der Waals surface area contributed by atoms with Crippen LogP contribution in [0.1, 0.15) is 24.3 Å². The zero-order valence-electron chi connectivity index (χ0n) is 14.7. The predicted octanol–water partition coefficient (Wildman–Crippen LogP) is 4.65. The molecule has 1 fully saturated rings. The lowest BCUT2D eigenvalue weighted by Crippen LogP contribution is -2.34. The summed E-state index contributed by atoms with van der Waals surface area (Å²) in [6.45, 7) is 0.860. The summed E-state index contributed by atoms with van der Waals surface area (Å²) in [5.41, 5.74) is 3.39. The summed E-state index contributed by atoms with van der Waals surface area (Å²) >= 11 is 0. The first-order valence-electron chi connectivity index (χ1n) is 9.20. The molecule has 0 N–H and O–H groups in total. The molecule has 5 rings (SSSR count). The maximum atomic E-state index is 9.90. The molecule has 2 unspecified atom stereocenters. The molecule has 5 nitrogen and oxygen atoms in total. The number of furan rings is 1. The summed E-state index contributed by atoms with van der Waals surface area (Å²) in [6, 6.07) is 20.5. The highest BCUT2D eigenvalue weighted by Gasteiger charge is 2.35. The number of fused-ring (bicyclic) bond motifs is 3. The number of nitriles is 1. The Hall–Kier alpha value is -3.39. The second kappa shape index (κ2) is 6.40. The number of nitrogens with zero attached hydrogens (tertiary/aromatic N) is 4. The summed E-state index contributed by atoms with van der Waals surface area (Å²) in [5.74, 6) is 0.581.